The van der Waals surface area contributed by atoms with Crippen LogP contribution in [0.1, 0.15) is 16.8 Å². The highest BCUT2D eigenvalue weighted by atomic mass is 35.5. The molecular weight excluding hydrogens is 297 g/mol. The van der Waals surface area contributed by atoms with Gasteiger partial charge in [0, 0.05) is 5.69 Å². The Kier molecular flexibility index (Phi) is 4.28. The first-order chi connectivity index (χ1) is 9.93. The highest BCUT2D eigenvalue weighted by molar-refractivity contribution is 6.30. The Morgan fingerprint density at radius 3 is 2.81 bits per heavy atom. The van der Waals surface area contributed by atoms with Gasteiger partial charge in [0.15, 0.2) is 17.4 Å². The summed E-state index contributed by atoms with van der Waals surface area (Å²) in [5.41, 5.74) is 7.26. The average molecular weight is 310 g/mol. The van der Waals surface area contributed by atoms with E-state index >= 15 is 0 Å². The number of rotatable bonds is 3. The largest absolute Gasteiger partial charge is 0.435 e. The van der Waals surface area contributed by atoms with Crippen molar-refractivity contribution in [2.45, 2.75) is 13.8 Å². The number of oxime groups is 1. The Morgan fingerprint density at radius 1 is 1.43 bits per heavy atom. The molecule has 5 nitrogen and oxygen atoms in total. The molecule has 21 heavy (non-hydrogen) atoms. The Labute approximate surface area is 125 Å². The molecule has 0 aliphatic carbocycles. The normalized spacial score (nSPS) is 11.5. The number of amidine groups is 1. The maximum absolute atomic E-state index is 13.9. The van der Waals surface area contributed by atoms with Gasteiger partial charge in [-0.05, 0) is 37.6 Å². The summed E-state index contributed by atoms with van der Waals surface area (Å²) in [5.74, 6) is -0.918. The molecule has 2 rings (SSSR count). The highest BCUT2D eigenvalue weighted by Crippen LogP contribution is 2.30. The maximum Gasteiger partial charge on any atom is 0.231 e. The number of hydrogen-bond donors (Lipinski definition) is 2. The van der Waals surface area contributed by atoms with Gasteiger partial charge in [-0.3, -0.25) is 0 Å². The van der Waals surface area contributed by atoms with Crippen LogP contribution in [0.2, 0.25) is 5.02 Å². The minimum absolute atomic E-state index is 0.0453. The van der Waals surface area contributed by atoms with Crippen molar-refractivity contribution in [2.24, 2.45) is 10.9 Å². The lowest BCUT2D eigenvalue weighted by Crippen LogP contribution is -2.17. The molecule has 0 bridgehead atoms. The van der Waals surface area contributed by atoms with Crippen LogP contribution < -0.4 is 10.5 Å². The van der Waals surface area contributed by atoms with Crippen molar-refractivity contribution in [1.82, 2.24) is 4.98 Å². The standard InChI is InChI=1S/C14H13ClFN3O2/c1-7-6-8(2)18-14(11(7)13(17)19-20)21-10-5-3-4-9(15)12(10)16/h3-6,20H,1-2H3,(H2,17,19). The molecule has 7 heteroatoms. The minimum Gasteiger partial charge on any atom is -0.435 e. The van der Waals surface area contributed by atoms with Gasteiger partial charge in [0.2, 0.25) is 5.88 Å². The van der Waals surface area contributed by atoms with Crippen LogP contribution in [0.25, 0.3) is 0 Å². The lowest BCUT2D eigenvalue weighted by atomic mass is 10.1. The van der Waals surface area contributed by atoms with Crippen LogP contribution in [-0.4, -0.2) is 16.0 Å². The second kappa shape index (κ2) is 5.97. The van der Waals surface area contributed by atoms with Gasteiger partial charge >= 0.3 is 0 Å². The second-order valence-electron chi connectivity index (χ2n) is 4.40. The third-order valence-corrected chi connectivity index (χ3v) is 3.09. The number of hydrogen-bond acceptors (Lipinski definition) is 4. The Bertz CT molecular complexity index is 720. The number of ether oxygens (including phenoxy) is 1. The molecule has 110 valence electrons. The van der Waals surface area contributed by atoms with Crippen molar-refractivity contribution in [3.8, 4) is 11.6 Å². The molecule has 0 amide bonds. The van der Waals surface area contributed by atoms with Crippen molar-refractivity contribution >= 4 is 17.4 Å². The minimum atomic E-state index is -0.703. The summed E-state index contributed by atoms with van der Waals surface area (Å²) in [6, 6.07) is 6.11. The summed E-state index contributed by atoms with van der Waals surface area (Å²) in [4.78, 5) is 4.17. The number of benzene rings is 1. The number of aromatic nitrogens is 1. The van der Waals surface area contributed by atoms with Crippen molar-refractivity contribution in [2.75, 3.05) is 0 Å². The van der Waals surface area contributed by atoms with E-state index in [2.05, 4.69) is 10.1 Å². The SMILES string of the molecule is Cc1cc(C)c(/C(N)=N/O)c(Oc2cccc(Cl)c2F)n1. The van der Waals surface area contributed by atoms with Gasteiger partial charge in [-0.15, -0.1) is 0 Å². The van der Waals surface area contributed by atoms with Crippen molar-refractivity contribution < 1.29 is 14.3 Å². The first-order valence-electron chi connectivity index (χ1n) is 6.02. The van der Waals surface area contributed by atoms with Gasteiger partial charge in [0.05, 0.1) is 10.6 Å². The molecular formula is C14H13ClFN3O2. The van der Waals surface area contributed by atoms with Crippen LogP contribution in [0, 0.1) is 19.7 Å². The van der Waals surface area contributed by atoms with Crippen LogP contribution in [0.4, 0.5) is 4.39 Å². The molecule has 0 saturated heterocycles. The van der Waals surface area contributed by atoms with E-state index in [-0.39, 0.29) is 22.5 Å². The van der Waals surface area contributed by atoms with Gasteiger partial charge in [-0.2, -0.15) is 0 Å². The van der Waals surface area contributed by atoms with Crippen molar-refractivity contribution in [1.29, 1.82) is 0 Å². The smallest absolute Gasteiger partial charge is 0.231 e. The zero-order chi connectivity index (χ0) is 15.6. The quantitative estimate of drug-likeness (QED) is 0.394. The zero-order valence-electron chi connectivity index (χ0n) is 11.4. The third kappa shape index (κ3) is 3.05. The highest BCUT2D eigenvalue weighted by Gasteiger charge is 2.17. The number of nitrogens with two attached hydrogens (primary N) is 1. The maximum atomic E-state index is 13.9. The predicted octanol–water partition coefficient (Wildman–Crippen LogP) is 3.38. The van der Waals surface area contributed by atoms with Gasteiger partial charge in [-0.25, -0.2) is 9.37 Å². The van der Waals surface area contributed by atoms with E-state index < -0.39 is 5.82 Å². The van der Waals surface area contributed by atoms with Gasteiger partial charge in [-0.1, -0.05) is 22.8 Å². The predicted molar refractivity (Wildman–Crippen MR) is 77.7 cm³/mol. The number of aryl methyl sites for hydroxylation is 2. The van der Waals surface area contributed by atoms with Crippen LogP contribution in [0.3, 0.4) is 0 Å². The molecule has 1 aromatic carbocycles. The third-order valence-electron chi connectivity index (χ3n) is 2.80. The number of pyridine rings is 1. The van der Waals surface area contributed by atoms with Crippen LogP contribution in [0.15, 0.2) is 29.4 Å². The van der Waals surface area contributed by atoms with E-state index in [0.29, 0.717) is 16.8 Å². The summed E-state index contributed by atoms with van der Waals surface area (Å²) in [5, 5.41) is 11.7. The van der Waals surface area contributed by atoms with E-state index in [9.17, 15) is 4.39 Å². The Morgan fingerprint density at radius 2 is 2.14 bits per heavy atom. The molecule has 0 atom stereocenters. The molecule has 0 spiro atoms. The molecule has 0 radical (unpaired) electrons. The van der Waals surface area contributed by atoms with Gasteiger partial charge < -0.3 is 15.7 Å². The lowest BCUT2D eigenvalue weighted by molar-refractivity contribution is 0.318. The molecule has 2 aromatic rings. The first kappa shape index (κ1) is 15.1. The average Bonchev–Trinajstić information content (AvgIpc) is 2.42. The fourth-order valence-electron chi connectivity index (χ4n) is 1.90. The molecule has 1 heterocycles. The zero-order valence-corrected chi connectivity index (χ0v) is 12.1. The summed E-state index contributed by atoms with van der Waals surface area (Å²) in [6.45, 7) is 3.51. The summed E-state index contributed by atoms with van der Waals surface area (Å²) >= 11 is 5.71. The molecule has 0 aliphatic heterocycles. The Balaban J connectivity index is 2.56. The van der Waals surface area contributed by atoms with Gasteiger partial charge in [0.1, 0.15) is 0 Å². The molecule has 3 N–H and O–H groups in total. The van der Waals surface area contributed by atoms with Crippen LogP contribution >= 0.6 is 11.6 Å². The molecule has 0 fully saturated rings. The summed E-state index contributed by atoms with van der Waals surface area (Å²) < 4.78 is 19.4. The Hall–Kier alpha value is -2.34. The summed E-state index contributed by atoms with van der Waals surface area (Å²) in [6.07, 6.45) is 0. The number of halogens is 2. The molecule has 0 unspecified atom stereocenters. The van der Waals surface area contributed by atoms with Gasteiger partial charge in [0.25, 0.3) is 0 Å². The fraction of sp³-hybridized carbons (Fsp3) is 0.143. The van der Waals surface area contributed by atoms with Crippen LogP contribution in [-0.2, 0) is 0 Å². The second-order valence-corrected chi connectivity index (χ2v) is 4.81. The van der Waals surface area contributed by atoms with Crippen LogP contribution in [0.5, 0.6) is 11.6 Å². The topological polar surface area (TPSA) is 80.7 Å². The van der Waals surface area contributed by atoms with E-state index in [0.717, 1.165) is 0 Å². The molecule has 1 aromatic heterocycles. The lowest BCUT2D eigenvalue weighted by Gasteiger charge is -2.13. The van der Waals surface area contributed by atoms with Crippen molar-refractivity contribution in [3.63, 3.8) is 0 Å². The summed E-state index contributed by atoms with van der Waals surface area (Å²) in [7, 11) is 0. The molecule has 0 aliphatic rings. The monoisotopic (exact) mass is 309 g/mol. The van der Waals surface area contributed by atoms with E-state index in [1.54, 1.807) is 26.0 Å². The molecule has 0 saturated carbocycles. The van der Waals surface area contributed by atoms with E-state index in [1.807, 2.05) is 0 Å². The van der Waals surface area contributed by atoms with E-state index in [1.165, 1.54) is 12.1 Å². The fourth-order valence-corrected chi connectivity index (χ4v) is 2.07. The number of nitrogens with zero attached hydrogens (tertiary/aromatic N) is 2. The van der Waals surface area contributed by atoms with E-state index in [4.69, 9.17) is 27.3 Å². The van der Waals surface area contributed by atoms with Crippen molar-refractivity contribution in [3.05, 3.63) is 51.9 Å². The first-order valence-corrected chi connectivity index (χ1v) is 6.40.